The maximum absolute atomic E-state index is 5.78. The van der Waals surface area contributed by atoms with E-state index in [1.165, 1.54) is 37.0 Å². The molecule has 0 saturated carbocycles. The summed E-state index contributed by atoms with van der Waals surface area (Å²) in [6, 6.07) is 34.7. The first-order chi connectivity index (χ1) is 28.8. The number of rotatable bonds is 14. The molecule has 0 aliphatic rings. The minimum Gasteiger partial charge on any atom is -0.330 e. The van der Waals surface area contributed by atoms with Crippen molar-refractivity contribution in [2.75, 3.05) is 53.4 Å². The molecule has 0 saturated heterocycles. The topological polar surface area (TPSA) is 128 Å². The highest BCUT2D eigenvalue weighted by atomic mass is 127. The molecule has 304 valence electrons. The van der Waals surface area contributed by atoms with Crippen LogP contribution in [0.25, 0.3) is 0 Å². The van der Waals surface area contributed by atoms with Crippen molar-refractivity contribution in [2.24, 2.45) is 22.9 Å². The minimum absolute atomic E-state index is 0.610. The van der Waals surface area contributed by atoms with Crippen LogP contribution in [0.1, 0.15) is 66.8 Å². The molecular weight excluding hydrogens is 836 g/mol. The fourth-order valence-corrected chi connectivity index (χ4v) is 6.79. The molecular formula is C52H59IN6. The summed E-state index contributed by atoms with van der Waals surface area (Å²) >= 11 is 2.38. The molecule has 0 amide bonds. The molecule has 0 fully saturated rings. The van der Waals surface area contributed by atoms with E-state index in [0.717, 1.165) is 85.0 Å². The molecule has 0 aliphatic carbocycles. The summed E-state index contributed by atoms with van der Waals surface area (Å²) in [6.07, 6.45) is 15.9. The molecule has 6 nitrogen and oxygen atoms in total. The van der Waals surface area contributed by atoms with Crippen molar-refractivity contribution < 1.29 is 0 Å². The number of nitrogens with one attached hydrogen (secondary N) is 2. The number of nitrogens with two attached hydrogens (primary N) is 4. The Morgan fingerprint density at radius 2 is 0.763 bits per heavy atom. The van der Waals surface area contributed by atoms with Gasteiger partial charge in [-0.1, -0.05) is 65.9 Å². The van der Waals surface area contributed by atoms with Gasteiger partial charge in [0, 0.05) is 37.0 Å². The molecule has 0 aromatic heterocycles. The van der Waals surface area contributed by atoms with E-state index in [-0.39, 0.29) is 0 Å². The van der Waals surface area contributed by atoms with Gasteiger partial charge in [0.2, 0.25) is 0 Å². The van der Waals surface area contributed by atoms with E-state index in [0.29, 0.717) is 26.2 Å². The van der Waals surface area contributed by atoms with Crippen molar-refractivity contribution in [3.05, 3.63) is 173 Å². The molecule has 10 N–H and O–H groups in total. The van der Waals surface area contributed by atoms with Crippen LogP contribution in [0.3, 0.4) is 0 Å². The summed E-state index contributed by atoms with van der Waals surface area (Å²) in [5, 5.41) is 6.40. The van der Waals surface area contributed by atoms with E-state index in [2.05, 4.69) is 123 Å². The standard InChI is InChI=1S/C30H34N4.C12H19IN2.C10H6/c31-16-12-27-10-8-25(21-29(27)14-18-33)6-4-23-2-1-3-24(20-23)5-7-26-9-11-28(13-17-32)30(22-26)15-19-34;1-14-7-5-10-3-4-12(13)9-11(10)6-8-15-2;1-3-9-6-5-7-10(4-2)8-9/h1-3,8-11,20-22H,12-19,31-34H2;3-4,9,14-15H,5-8H2,1-2H3;1-2,5-8H. The summed E-state index contributed by atoms with van der Waals surface area (Å²) in [5.41, 5.74) is 36.4. The molecule has 59 heavy (non-hydrogen) atoms. The predicted molar refractivity (Wildman–Crippen MR) is 259 cm³/mol. The zero-order valence-corrected chi connectivity index (χ0v) is 36.8. The summed E-state index contributed by atoms with van der Waals surface area (Å²) in [4.78, 5) is 0. The second-order valence-electron chi connectivity index (χ2n) is 13.7. The van der Waals surface area contributed by atoms with Gasteiger partial charge < -0.3 is 33.6 Å². The van der Waals surface area contributed by atoms with Gasteiger partial charge in [-0.05, 0) is 221 Å². The fraction of sp³-hybridized carbons (Fsp3) is 0.269. The Morgan fingerprint density at radius 3 is 1.19 bits per heavy atom. The van der Waals surface area contributed by atoms with Crippen LogP contribution >= 0.6 is 22.6 Å². The van der Waals surface area contributed by atoms with E-state index in [1.54, 1.807) is 6.07 Å². The van der Waals surface area contributed by atoms with Crippen molar-refractivity contribution in [2.45, 2.75) is 38.5 Å². The van der Waals surface area contributed by atoms with Crippen LogP contribution in [0.4, 0.5) is 0 Å². The Hall–Kier alpha value is -5.17. The summed E-state index contributed by atoms with van der Waals surface area (Å²) in [7, 11) is 4.00. The number of hydrogen-bond acceptors (Lipinski definition) is 6. The van der Waals surface area contributed by atoms with E-state index in [9.17, 15) is 0 Å². The Bertz CT molecular complexity index is 2150. The third kappa shape index (κ3) is 17.7. The average molecular weight is 895 g/mol. The van der Waals surface area contributed by atoms with Gasteiger partial charge in [0.05, 0.1) is 0 Å². The lowest BCUT2D eigenvalue weighted by molar-refractivity contribution is 0.760. The molecule has 5 aromatic rings. The van der Waals surface area contributed by atoms with Gasteiger partial charge in [0.25, 0.3) is 0 Å². The quantitative estimate of drug-likeness (QED) is 0.0605. The SMILES string of the molecule is C#Cc1cccc(C#C)c1.CNCCc1ccc(I)cc1CCNC.NCCc1ccc(C#Cc2cccc(C#Cc3ccc(CCN)c(CCN)c3)c2)cc1CCN. The van der Waals surface area contributed by atoms with E-state index in [1.807, 2.05) is 56.6 Å². The Morgan fingerprint density at radius 1 is 0.424 bits per heavy atom. The van der Waals surface area contributed by atoms with Crippen molar-refractivity contribution in [1.29, 1.82) is 0 Å². The van der Waals surface area contributed by atoms with Crippen molar-refractivity contribution in [3.63, 3.8) is 0 Å². The number of halogens is 1. The van der Waals surface area contributed by atoms with Gasteiger partial charge in [0.1, 0.15) is 0 Å². The molecule has 0 unspecified atom stereocenters. The molecule has 5 rings (SSSR count). The maximum atomic E-state index is 5.78. The lowest BCUT2D eigenvalue weighted by atomic mass is 9.98. The van der Waals surface area contributed by atoms with Crippen molar-refractivity contribution in [3.8, 4) is 48.4 Å². The molecule has 5 aromatic carbocycles. The molecule has 0 radical (unpaired) electrons. The van der Waals surface area contributed by atoms with Gasteiger partial charge in [0.15, 0.2) is 0 Å². The molecule has 0 bridgehead atoms. The van der Waals surface area contributed by atoms with Crippen molar-refractivity contribution in [1.82, 2.24) is 10.6 Å². The van der Waals surface area contributed by atoms with E-state index < -0.39 is 0 Å². The van der Waals surface area contributed by atoms with Gasteiger partial charge in [-0.2, -0.15) is 0 Å². The normalized spacial score (nSPS) is 9.92. The van der Waals surface area contributed by atoms with Crippen LogP contribution in [-0.4, -0.2) is 53.4 Å². The fourth-order valence-electron chi connectivity index (χ4n) is 6.24. The molecule has 0 atom stereocenters. The van der Waals surface area contributed by atoms with Gasteiger partial charge in [-0.15, -0.1) is 12.8 Å². The van der Waals surface area contributed by atoms with Crippen LogP contribution in [0.15, 0.2) is 103 Å². The number of terminal acetylenes is 2. The number of benzene rings is 5. The second-order valence-corrected chi connectivity index (χ2v) is 14.9. The van der Waals surface area contributed by atoms with Gasteiger partial charge in [-0.3, -0.25) is 0 Å². The Labute approximate surface area is 367 Å². The average Bonchev–Trinajstić information content (AvgIpc) is 3.26. The summed E-state index contributed by atoms with van der Waals surface area (Å²) in [6.45, 7) is 4.57. The predicted octanol–water partition coefficient (Wildman–Crippen LogP) is 5.96. The van der Waals surface area contributed by atoms with Gasteiger partial charge in [-0.25, -0.2) is 0 Å². The molecule has 0 heterocycles. The largest absolute Gasteiger partial charge is 0.330 e. The molecule has 7 heteroatoms. The van der Waals surface area contributed by atoms with Crippen LogP contribution in [0.5, 0.6) is 0 Å². The highest BCUT2D eigenvalue weighted by Crippen LogP contribution is 2.16. The first-order valence-corrected chi connectivity index (χ1v) is 21.2. The molecule has 0 aliphatic heterocycles. The van der Waals surface area contributed by atoms with Crippen LogP contribution in [0, 0.1) is 51.9 Å². The maximum Gasteiger partial charge on any atom is 0.0261 e. The third-order valence-corrected chi connectivity index (χ3v) is 9.96. The minimum atomic E-state index is 0.610. The second kappa shape index (κ2) is 28.3. The van der Waals surface area contributed by atoms with E-state index in [4.69, 9.17) is 35.8 Å². The third-order valence-electron chi connectivity index (χ3n) is 9.29. The Balaban J connectivity index is 0.000000303. The van der Waals surface area contributed by atoms with Gasteiger partial charge >= 0.3 is 0 Å². The Kier molecular flexibility index (Phi) is 23.1. The first-order valence-electron chi connectivity index (χ1n) is 20.1. The highest BCUT2D eigenvalue weighted by Gasteiger charge is 2.05. The van der Waals surface area contributed by atoms with Crippen LogP contribution in [-0.2, 0) is 38.5 Å². The number of likely N-dealkylation sites (N-methyl/N-ethyl adjacent to an activating group) is 2. The van der Waals surface area contributed by atoms with Crippen LogP contribution in [0.2, 0.25) is 0 Å². The monoisotopic (exact) mass is 894 g/mol. The smallest absolute Gasteiger partial charge is 0.0261 e. The van der Waals surface area contributed by atoms with Crippen LogP contribution < -0.4 is 33.6 Å². The van der Waals surface area contributed by atoms with Crippen molar-refractivity contribution >= 4 is 22.6 Å². The lowest BCUT2D eigenvalue weighted by Gasteiger charge is -2.10. The first kappa shape index (κ1) is 48.2. The number of hydrogen-bond donors (Lipinski definition) is 6. The summed E-state index contributed by atoms with van der Waals surface area (Å²) in [5.74, 6) is 18.1. The highest BCUT2D eigenvalue weighted by molar-refractivity contribution is 14.1. The zero-order chi connectivity index (χ0) is 42.7. The summed E-state index contributed by atoms with van der Waals surface area (Å²) < 4.78 is 1.33. The zero-order valence-electron chi connectivity index (χ0n) is 34.6. The van der Waals surface area contributed by atoms with E-state index >= 15 is 0 Å². The molecule has 0 spiro atoms. The lowest BCUT2D eigenvalue weighted by Crippen LogP contribution is -2.14.